The largest absolute Gasteiger partial charge is 0.426 e. The van der Waals surface area contributed by atoms with Crippen molar-refractivity contribution in [1.82, 2.24) is 0 Å². The van der Waals surface area contributed by atoms with Gasteiger partial charge in [0.15, 0.2) is 0 Å². The van der Waals surface area contributed by atoms with Crippen LogP contribution in [0.4, 0.5) is 5.69 Å². The SMILES string of the molecule is O=C(Cc1ccc(-c2ccccc2)cc1)Oc1cccc([N+](=O)[O-])c1. The maximum Gasteiger partial charge on any atom is 0.315 e. The maximum absolute atomic E-state index is 12.0. The van der Waals surface area contributed by atoms with E-state index in [9.17, 15) is 14.9 Å². The molecule has 3 rings (SSSR count). The molecule has 0 atom stereocenters. The molecule has 124 valence electrons. The van der Waals surface area contributed by atoms with Crippen LogP contribution in [0.5, 0.6) is 5.75 Å². The fourth-order valence-corrected chi connectivity index (χ4v) is 2.44. The molecule has 3 aromatic rings. The molecule has 0 fully saturated rings. The fraction of sp³-hybridized carbons (Fsp3) is 0.0500. The molecule has 0 aliphatic heterocycles. The van der Waals surface area contributed by atoms with Crippen LogP contribution in [0.25, 0.3) is 11.1 Å². The predicted molar refractivity (Wildman–Crippen MR) is 94.3 cm³/mol. The van der Waals surface area contributed by atoms with Crippen LogP contribution in [0.2, 0.25) is 0 Å². The van der Waals surface area contributed by atoms with Crippen molar-refractivity contribution in [1.29, 1.82) is 0 Å². The van der Waals surface area contributed by atoms with Crippen LogP contribution in [0.15, 0.2) is 78.9 Å². The number of hydrogen-bond donors (Lipinski definition) is 0. The number of benzene rings is 3. The van der Waals surface area contributed by atoms with E-state index in [0.29, 0.717) is 0 Å². The molecule has 0 saturated heterocycles. The zero-order chi connectivity index (χ0) is 17.6. The molecular weight excluding hydrogens is 318 g/mol. The van der Waals surface area contributed by atoms with Crippen LogP contribution in [-0.4, -0.2) is 10.9 Å². The van der Waals surface area contributed by atoms with E-state index in [1.165, 1.54) is 24.3 Å². The van der Waals surface area contributed by atoms with Crippen LogP contribution >= 0.6 is 0 Å². The number of ether oxygens (including phenoxy) is 1. The summed E-state index contributed by atoms with van der Waals surface area (Å²) in [7, 11) is 0. The average molecular weight is 333 g/mol. The lowest BCUT2D eigenvalue weighted by atomic mass is 10.0. The molecule has 0 bridgehead atoms. The van der Waals surface area contributed by atoms with Crippen molar-refractivity contribution in [2.45, 2.75) is 6.42 Å². The average Bonchev–Trinajstić information content (AvgIpc) is 2.63. The van der Waals surface area contributed by atoms with E-state index >= 15 is 0 Å². The molecular formula is C20H15NO4. The van der Waals surface area contributed by atoms with Crippen molar-refractivity contribution in [3.8, 4) is 16.9 Å². The zero-order valence-corrected chi connectivity index (χ0v) is 13.3. The lowest BCUT2D eigenvalue weighted by Gasteiger charge is -2.06. The molecule has 5 nitrogen and oxygen atoms in total. The molecule has 0 saturated carbocycles. The van der Waals surface area contributed by atoms with Gasteiger partial charge in [0.2, 0.25) is 0 Å². The van der Waals surface area contributed by atoms with E-state index in [2.05, 4.69) is 0 Å². The highest BCUT2D eigenvalue weighted by molar-refractivity contribution is 5.76. The molecule has 0 aliphatic carbocycles. The molecule has 0 spiro atoms. The third kappa shape index (κ3) is 4.29. The third-order valence-corrected chi connectivity index (χ3v) is 3.67. The molecule has 0 radical (unpaired) electrons. The highest BCUT2D eigenvalue weighted by Gasteiger charge is 2.11. The van der Waals surface area contributed by atoms with Gasteiger partial charge >= 0.3 is 5.97 Å². The first-order valence-electron chi connectivity index (χ1n) is 7.71. The Hall–Kier alpha value is -3.47. The van der Waals surface area contributed by atoms with Crippen molar-refractivity contribution in [2.24, 2.45) is 0 Å². The van der Waals surface area contributed by atoms with E-state index in [0.717, 1.165) is 16.7 Å². The Morgan fingerprint density at radius 2 is 1.56 bits per heavy atom. The van der Waals surface area contributed by atoms with Gasteiger partial charge in [-0.3, -0.25) is 14.9 Å². The summed E-state index contributed by atoms with van der Waals surface area (Å²) < 4.78 is 5.18. The van der Waals surface area contributed by atoms with Gasteiger partial charge in [0.05, 0.1) is 17.4 Å². The number of carbonyl (C=O) groups is 1. The summed E-state index contributed by atoms with van der Waals surface area (Å²) in [4.78, 5) is 22.2. The molecule has 3 aromatic carbocycles. The number of non-ortho nitro benzene ring substituents is 1. The molecule has 0 heterocycles. The molecule has 0 N–H and O–H groups in total. The lowest BCUT2D eigenvalue weighted by Crippen LogP contribution is -2.11. The standard InChI is InChI=1S/C20H15NO4/c22-20(25-19-8-4-7-18(14-19)21(23)24)13-15-9-11-17(12-10-15)16-5-2-1-3-6-16/h1-12,14H,13H2. The predicted octanol–water partition coefficient (Wildman–Crippen LogP) is 4.41. The van der Waals surface area contributed by atoms with Gasteiger partial charge in [-0.05, 0) is 22.8 Å². The second kappa shape index (κ2) is 7.40. The van der Waals surface area contributed by atoms with Crippen molar-refractivity contribution in [3.63, 3.8) is 0 Å². The number of carbonyl (C=O) groups excluding carboxylic acids is 1. The highest BCUT2D eigenvalue weighted by Crippen LogP contribution is 2.21. The molecule has 5 heteroatoms. The monoisotopic (exact) mass is 333 g/mol. The maximum atomic E-state index is 12.0. The quantitative estimate of drug-likeness (QED) is 0.300. The van der Waals surface area contributed by atoms with Gasteiger partial charge in [-0.2, -0.15) is 0 Å². The van der Waals surface area contributed by atoms with Crippen LogP contribution in [0.3, 0.4) is 0 Å². The molecule has 0 amide bonds. The second-order valence-corrected chi connectivity index (χ2v) is 5.47. The summed E-state index contributed by atoms with van der Waals surface area (Å²) in [6, 6.07) is 23.2. The van der Waals surface area contributed by atoms with Crippen molar-refractivity contribution in [2.75, 3.05) is 0 Å². The van der Waals surface area contributed by atoms with Crippen LogP contribution in [0.1, 0.15) is 5.56 Å². The first-order chi connectivity index (χ1) is 12.1. The Morgan fingerprint density at radius 1 is 0.880 bits per heavy atom. The smallest absolute Gasteiger partial charge is 0.315 e. The van der Waals surface area contributed by atoms with Crippen molar-refractivity contribution in [3.05, 3.63) is 94.5 Å². The van der Waals surface area contributed by atoms with Gasteiger partial charge in [0.25, 0.3) is 5.69 Å². The zero-order valence-electron chi connectivity index (χ0n) is 13.3. The summed E-state index contributed by atoms with van der Waals surface area (Å²) in [6.07, 6.45) is 0.0950. The van der Waals surface area contributed by atoms with E-state index in [1.54, 1.807) is 0 Å². The lowest BCUT2D eigenvalue weighted by molar-refractivity contribution is -0.384. The summed E-state index contributed by atoms with van der Waals surface area (Å²) in [5.41, 5.74) is 2.87. The van der Waals surface area contributed by atoms with E-state index in [-0.39, 0.29) is 17.9 Å². The highest BCUT2D eigenvalue weighted by atomic mass is 16.6. The topological polar surface area (TPSA) is 69.4 Å². The Balaban J connectivity index is 1.65. The first-order valence-corrected chi connectivity index (χ1v) is 7.71. The van der Waals surface area contributed by atoms with Crippen LogP contribution in [-0.2, 0) is 11.2 Å². The number of rotatable bonds is 5. The van der Waals surface area contributed by atoms with E-state index in [1.807, 2.05) is 54.6 Å². The number of hydrogen-bond acceptors (Lipinski definition) is 4. The second-order valence-electron chi connectivity index (χ2n) is 5.47. The molecule has 25 heavy (non-hydrogen) atoms. The van der Waals surface area contributed by atoms with Crippen LogP contribution < -0.4 is 4.74 Å². The Morgan fingerprint density at radius 3 is 2.24 bits per heavy atom. The minimum atomic E-state index is -0.528. The summed E-state index contributed by atoms with van der Waals surface area (Å²) >= 11 is 0. The van der Waals surface area contributed by atoms with Crippen molar-refractivity contribution >= 4 is 11.7 Å². The number of nitrogens with zero attached hydrogens (tertiary/aromatic N) is 1. The molecule has 0 unspecified atom stereocenters. The van der Waals surface area contributed by atoms with E-state index < -0.39 is 10.9 Å². The van der Waals surface area contributed by atoms with Gasteiger partial charge in [0, 0.05) is 6.07 Å². The number of nitro groups is 1. The number of esters is 1. The minimum Gasteiger partial charge on any atom is -0.426 e. The van der Waals surface area contributed by atoms with Gasteiger partial charge in [-0.1, -0.05) is 60.7 Å². The van der Waals surface area contributed by atoms with Crippen molar-refractivity contribution < 1.29 is 14.5 Å². The number of nitro benzene ring substituents is 1. The summed E-state index contributed by atoms with van der Waals surface area (Å²) in [5, 5.41) is 10.7. The van der Waals surface area contributed by atoms with E-state index in [4.69, 9.17) is 4.74 Å². The third-order valence-electron chi connectivity index (χ3n) is 3.67. The molecule has 0 aliphatic rings. The van der Waals surface area contributed by atoms with Gasteiger partial charge in [-0.15, -0.1) is 0 Å². The van der Waals surface area contributed by atoms with Gasteiger partial charge in [-0.25, -0.2) is 0 Å². The fourth-order valence-electron chi connectivity index (χ4n) is 2.44. The molecule has 0 aromatic heterocycles. The summed E-state index contributed by atoms with van der Waals surface area (Å²) in [5.74, 6) is -0.298. The minimum absolute atomic E-state index is 0.0950. The first kappa shape index (κ1) is 16.4. The Bertz CT molecular complexity index is 889. The Kier molecular flexibility index (Phi) is 4.85. The Labute approximate surface area is 144 Å². The van der Waals surface area contributed by atoms with Gasteiger partial charge < -0.3 is 4.74 Å². The normalized spacial score (nSPS) is 10.2. The van der Waals surface area contributed by atoms with Crippen LogP contribution in [0, 0.1) is 10.1 Å². The summed E-state index contributed by atoms with van der Waals surface area (Å²) in [6.45, 7) is 0. The van der Waals surface area contributed by atoms with Gasteiger partial charge in [0.1, 0.15) is 5.75 Å².